The van der Waals surface area contributed by atoms with Crippen LogP contribution in [-0.2, 0) is 10.3 Å². The van der Waals surface area contributed by atoms with Gasteiger partial charge in [-0.15, -0.1) is 0 Å². The van der Waals surface area contributed by atoms with Gasteiger partial charge in [-0.25, -0.2) is 0 Å². The van der Waals surface area contributed by atoms with Crippen molar-refractivity contribution in [2.24, 2.45) is 0 Å². The first kappa shape index (κ1) is 12.9. The molecule has 0 unspecified atom stereocenters. The summed E-state index contributed by atoms with van der Waals surface area (Å²) in [6, 6.07) is 0. The van der Waals surface area contributed by atoms with E-state index in [2.05, 4.69) is 6.92 Å². The van der Waals surface area contributed by atoms with Crippen molar-refractivity contribution < 1.29 is 13.0 Å². The fourth-order valence-electron chi connectivity index (χ4n) is 1.15. The molecule has 0 saturated carbocycles. The Bertz CT molecular complexity index is 213. The summed E-state index contributed by atoms with van der Waals surface area (Å²) in [5, 5.41) is 0. The van der Waals surface area contributed by atoms with E-state index in [1.165, 1.54) is 0 Å². The lowest BCUT2D eigenvalue weighted by molar-refractivity contribution is 0.354. The maximum atomic E-state index is 10.7. The molecule has 5 heteroatoms. The maximum absolute atomic E-state index is 10.7. The van der Waals surface area contributed by atoms with Gasteiger partial charge in [0.2, 0.25) is 0 Å². The quantitative estimate of drug-likeness (QED) is 0.513. The molecule has 0 heterocycles. The summed E-state index contributed by atoms with van der Waals surface area (Å²) >= 11 is 0. The summed E-state index contributed by atoms with van der Waals surface area (Å²) in [5.74, 6) is 0. The zero-order chi connectivity index (χ0) is 10.3. The molecule has 0 atom stereocenters. The number of hydrogen-bond acceptors (Lipinski definition) is 2. The van der Waals surface area contributed by atoms with E-state index >= 15 is 0 Å². The van der Waals surface area contributed by atoms with Gasteiger partial charge in [-0.1, -0.05) is 33.1 Å². The van der Waals surface area contributed by atoms with Crippen LogP contribution in [0.15, 0.2) is 0 Å². The maximum Gasteiger partial charge on any atom is 0.335 e. The summed E-state index contributed by atoms with van der Waals surface area (Å²) in [5.41, 5.74) is 0. The van der Waals surface area contributed by atoms with Gasteiger partial charge in [-0.2, -0.15) is 12.7 Å². The van der Waals surface area contributed by atoms with E-state index in [-0.39, 0.29) is 0 Å². The first-order valence-corrected chi connectivity index (χ1v) is 6.14. The molecule has 0 fully saturated rings. The molecule has 0 amide bonds. The van der Waals surface area contributed by atoms with Crippen molar-refractivity contribution in [3.8, 4) is 0 Å². The van der Waals surface area contributed by atoms with Crippen LogP contribution in [0.2, 0.25) is 0 Å². The Balaban J connectivity index is 3.74. The van der Waals surface area contributed by atoms with E-state index < -0.39 is 10.3 Å². The number of unbranched alkanes of at least 4 members (excludes halogenated alkanes) is 3. The lowest BCUT2D eigenvalue weighted by atomic mass is 10.2. The largest absolute Gasteiger partial charge is 0.335 e. The molecule has 0 aliphatic carbocycles. The molecule has 0 aromatic heterocycles. The molecule has 0 radical (unpaired) electrons. The number of nitrogens with zero attached hydrogens (tertiary/aromatic N) is 1. The van der Waals surface area contributed by atoms with E-state index in [1.54, 1.807) is 6.92 Å². The monoisotopic (exact) mass is 209 g/mol. The van der Waals surface area contributed by atoms with Crippen molar-refractivity contribution in [3.05, 3.63) is 0 Å². The molecule has 0 spiro atoms. The molecule has 13 heavy (non-hydrogen) atoms. The molecule has 0 aliphatic rings. The van der Waals surface area contributed by atoms with Crippen molar-refractivity contribution in [3.63, 3.8) is 0 Å². The predicted molar refractivity (Wildman–Crippen MR) is 52.9 cm³/mol. The van der Waals surface area contributed by atoms with Crippen LogP contribution in [0.1, 0.15) is 39.5 Å². The number of hydrogen-bond donors (Lipinski definition) is 1. The molecule has 0 aliphatic heterocycles. The Morgan fingerprint density at radius 2 is 1.77 bits per heavy atom. The summed E-state index contributed by atoms with van der Waals surface area (Å²) in [6.45, 7) is 4.58. The van der Waals surface area contributed by atoms with E-state index in [0.717, 1.165) is 30.0 Å². The first-order chi connectivity index (χ1) is 6.02. The second kappa shape index (κ2) is 6.34. The van der Waals surface area contributed by atoms with Crippen LogP contribution in [0, 0.1) is 0 Å². The third kappa shape index (κ3) is 6.01. The summed E-state index contributed by atoms with van der Waals surface area (Å²) in [6.07, 6.45) is 4.07. The Morgan fingerprint density at radius 3 is 2.15 bits per heavy atom. The van der Waals surface area contributed by atoms with Gasteiger partial charge in [0.05, 0.1) is 0 Å². The zero-order valence-corrected chi connectivity index (χ0v) is 9.18. The second-order valence-electron chi connectivity index (χ2n) is 3.03. The fourth-order valence-corrected chi connectivity index (χ4v) is 1.84. The van der Waals surface area contributed by atoms with Crippen molar-refractivity contribution in [1.29, 1.82) is 0 Å². The van der Waals surface area contributed by atoms with Crippen LogP contribution in [-0.4, -0.2) is 30.4 Å². The SMILES string of the molecule is CCCCCCN(CC)S(=O)(=O)O. The summed E-state index contributed by atoms with van der Waals surface area (Å²) in [4.78, 5) is 0. The van der Waals surface area contributed by atoms with Crippen molar-refractivity contribution in [1.82, 2.24) is 4.31 Å². The van der Waals surface area contributed by atoms with Crippen molar-refractivity contribution >= 4 is 10.3 Å². The van der Waals surface area contributed by atoms with Gasteiger partial charge in [-0.05, 0) is 6.42 Å². The van der Waals surface area contributed by atoms with Gasteiger partial charge in [0, 0.05) is 13.1 Å². The highest BCUT2D eigenvalue weighted by Gasteiger charge is 2.15. The lowest BCUT2D eigenvalue weighted by Crippen LogP contribution is -2.31. The Labute approximate surface area is 80.8 Å². The van der Waals surface area contributed by atoms with Crippen LogP contribution < -0.4 is 0 Å². The Hall–Kier alpha value is -0.130. The van der Waals surface area contributed by atoms with Crippen LogP contribution in [0.5, 0.6) is 0 Å². The van der Waals surface area contributed by atoms with E-state index in [0.29, 0.717) is 13.1 Å². The normalized spacial score (nSPS) is 12.3. The smallest absolute Gasteiger partial charge is 0.273 e. The Morgan fingerprint density at radius 1 is 1.15 bits per heavy atom. The third-order valence-electron chi connectivity index (χ3n) is 1.94. The molecule has 0 saturated heterocycles. The van der Waals surface area contributed by atoms with Gasteiger partial charge in [0.25, 0.3) is 0 Å². The molecule has 80 valence electrons. The van der Waals surface area contributed by atoms with Crippen LogP contribution in [0.4, 0.5) is 0 Å². The van der Waals surface area contributed by atoms with E-state index in [4.69, 9.17) is 4.55 Å². The fraction of sp³-hybridized carbons (Fsp3) is 1.00. The average Bonchev–Trinajstić information content (AvgIpc) is 2.02. The Kier molecular flexibility index (Phi) is 6.28. The molecule has 0 aromatic carbocycles. The van der Waals surface area contributed by atoms with Gasteiger partial charge in [-0.3, -0.25) is 4.55 Å². The number of rotatable bonds is 7. The zero-order valence-electron chi connectivity index (χ0n) is 8.36. The topological polar surface area (TPSA) is 57.6 Å². The van der Waals surface area contributed by atoms with Crippen LogP contribution >= 0.6 is 0 Å². The molecule has 0 bridgehead atoms. The third-order valence-corrected chi connectivity index (χ3v) is 3.03. The van der Waals surface area contributed by atoms with Gasteiger partial charge >= 0.3 is 10.3 Å². The minimum atomic E-state index is -3.97. The summed E-state index contributed by atoms with van der Waals surface area (Å²) in [7, 11) is -3.97. The predicted octanol–water partition coefficient (Wildman–Crippen LogP) is 1.69. The van der Waals surface area contributed by atoms with Crippen LogP contribution in [0.3, 0.4) is 0 Å². The molecule has 0 aromatic rings. The summed E-state index contributed by atoms with van der Waals surface area (Å²) < 4.78 is 31.2. The average molecular weight is 209 g/mol. The highest BCUT2D eigenvalue weighted by atomic mass is 32.2. The van der Waals surface area contributed by atoms with Gasteiger partial charge in [0.1, 0.15) is 0 Å². The minimum absolute atomic E-state index is 0.338. The molecule has 4 nitrogen and oxygen atoms in total. The molecule has 1 N–H and O–H groups in total. The lowest BCUT2D eigenvalue weighted by Gasteiger charge is -2.15. The van der Waals surface area contributed by atoms with Gasteiger partial charge < -0.3 is 0 Å². The van der Waals surface area contributed by atoms with Crippen molar-refractivity contribution in [2.75, 3.05) is 13.1 Å². The molecular formula is C8H19NO3S. The molecule has 0 rings (SSSR count). The van der Waals surface area contributed by atoms with Gasteiger partial charge in [0.15, 0.2) is 0 Å². The van der Waals surface area contributed by atoms with E-state index in [1.807, 2.05) is 0 Å². The highest BCUT2D eigenvalue weighted by Crippen LogP contribution is 2.03. The molecular weight excluding hydrogens is 190 g/mol. The first-order valence-electron chi connectivity index (χ1n) is 4.75. The second-order valence-corrected chi connectivity index (χ2v) is 4.44. The minimum Gasteiger partial charge on any atom is -0.273 e. The van der Waals surface area contributed by atoms with Crippen molar-refractivity contribution in [2.45, 2.75) is 39.5 Å². The van der Waals surface area contributed by atoms with E-state index in [9.17, 15) is 8.42 Å². The standard InChI is InChI=1S/C8H19NO3S/c1-3-5-6-7-8-9(4-2)13(10,11)12/h3-8H2,1-2H3,(H,10,11,12). The highest BCUT2D eigenvalue weighted by molar-refractivity contribution is 7.83. The van der Waals surface area contributed by atoms with Crippen LogP contribution in [0.25, 0.3) is 0 Å².